The molecule has 0 radical (unpaired) electrons. The van der Waals surface area contributed by atoms with Crippen LogP contribution in [0.15, 0.2) is 45.1 Å². The highest BCUT2D eigenvalue weighted by atomic mass is 35.5. The molecule has 26 heavy (non-hydrogen) atoms. The quantitative estimate of drug-likeness (QED) is 0.387. The molecule has 0 saturated heterocycles. The molecule has 6 nitrogen and oxygen atoms in total. The SMILES string of the molecule is C=C(Cl)/C=C(F)\C(=C/CSCC(=O)OC)N=c1sc(=O)n2n1CCCC2. The number of rotatable bonds is 7. The number of allylic oxidation sites excluding steroid dienone is 3. The highest BCUT2D eigenvalue weighted by Crippen LogP contribution is 2.18. The van der Waals surface area contributed by atoms with Crippen LogP contribution in [0.3, 0.4) is 0 Å². The van der Waals surface area contributed by atoms with E-state index in [-0.39, 0.29) is 27.3 Å². The Balaban J connectivity index is 2.34. The molecular formula is C16H19ClFN3O3S2. The van der Waals surface area contributed by atoms with Crippen molar-refractivity contribution in [3.05, 3.63) is 49.8 Å². The molecule has 0 unspecified atom stereocenters. The number of esters is 1. The molecule has 2 heterocycles. The fraction of sp³-hybridized carbons (Fsp3) is 0.438. The molecule has 0 bridgehead atoms. The van der Waals surface area contributed by atoms with Crippen molar-refractivity contribution in [3.8, 4) is 0 Å². The van der Waals surface area contributed by atoms with Crippen LogP contribution >= 0.6 is 34.7 Å². The van der Waals surface area contributed by atoms with Crippen LogP contribution < -0.4 is 9.67 Å². The monoisotopic (exact) mass is 419 g/mol. The number of carbonyl (C=O) groups excluding carboxylic acids is 1. The van der Waals surface area contributed by atoms with Crippen LogP contribution in [0, 0.1) is 0 Å². The van der Waals surface area contributed by atoms with E-state index in [9.17, 15) is 14.0 Å². The van der Waals surface area contributed by atoms with Crippen LogP contribution in [-0.2, 0) is 22.6 Å². The first-order valence-corrected chi connectivity index (χ1v) is 10.2. The molecule has 0 amide bonds. The lowest BCUT2D eigenvalue weighted by Crippen LogP contribution is -2.31. The van der Waals surface area contributed by atoms with Crippen molar-refractivity contribution < 1.29 is 13.9 Å². The van der Waals surface area contributed by atoms with E-state index in [1.54, 1.807) is 15.4 Å². The first-order chi connectivity index (χ1) is 12.4. The van der Waals surface area contributed by atoms with Gasteiger partial charge in [0.25, 0.3) is 0 Å². The summed E-state index contributed by atoms with van der Waals surface area (Å²) in [5.74, 6) is -0.515. The fourth-order valence-corrected chi connectivity index (χ4v) is 3.93. The lowest BCUT2D eigenvalue weighted by Gasteiger charge is -2.15. The summed E-state index contributed by atoms with van der Waals surface area (Å²) in [5.41, 5.74) is 0.0480. The van der Waals surface area contributed by atoms with Crippen molar-refractivity contribution in [1.29, 1.82) is 0 Å². The van der Waals surface area contributed by atoms with E-state index >= 15 is 0 Å². The van der Waals surface area contributed by atoms with Gasteiger partial charge >= 0.3 is 10.8 Å². The highest BCUT2D eigenvalue weighted by molar-refractivity contribution is 8.00. The van der Waals surface area contributed by atoms with E-state index < -0.39 is 5.83 Å². The van der Waals surface area contributed by atoms with E-state index in [4.69, 9.17) is 11.6 Å². The Labute approximate surface area is 163 Å². The zero-order valence-corrected chi connectivity index (χ0v) is 16.6. The zero-order chi connectivity index (χ0) is 19.1. The Hall–Kier alpha value is -1.58. The third-order valence-electron chi connectivity index (χ3n) is 3.48. The van der Waals surface area contributed by atoms with Crippen molar-refractivity contribution in [3.63, 3.8) is 0 Å². The van der Waals surface area contributed by atoms with Gasteiger partial charge in [-0.05, 0) is 36.3 Å². The normalized spacial score (nSPS) is 15.7. The van der Waals surface area contributed by atoms with Gasteiger partial charge in [0.15, 0.2) is 0 Å². The molecule has 0 aliphatic carbocycles. The van der Waals surface area contributed by atoms with Gasteiger partial charge in [-0.1, -0.05) is 18.2 Å². The number of nitrogens with zero attached hydrogens (tertiary/aromatic N) is 3. The summed E-state index contributed by atoms with van der Waals surface area (Å²) < 4.78 is 22.4. The van der Waals surface area contributed by atoms with Crippen LogP contribution in [0.25, 0.3) is 0 Å². The molecule has 1 aliphatic rings. The lowest BCUT2D eigenvalue weighted by molar-refractivity contribution is -0.137. The van der Waals surface area contributed by atoms with Crippen molar-refractivity contribution in [2.45, 2.75) is 25.9 Å². The van der Waals surface area contributed by atoms with Gasteiger partial charge in [0.05, 0.1) is 18.6 Å². The lowest BCUT2D eigenvalue weighted by atomic mass is 10.3. The molecule has 142 valence electrons. The molecule has 0 N–H and O–H groups in total. The predicted molar refractivity (Wildman–Crippen MR) is 103 cm³/mol. The number of halogens is 2. The molecule has 0 saturated carbocycles. The Kier molecular flexibility index (Phi) is 7.92. The second-order valence-corrected chi connectivity index (χ2v) is 7.77. The van der Waals surface area contributed by atoms with E-state index in [0.717, 1.165) is 30.3 Å². The second kappa shape index (κ2) is 9.94. The molecule has 2 rings (SSSR count). The average molecular weight is 420 g/mol. The maximum atomic E-state index is 14.5. The van der Waals surface area contributed by atoms with Crippen molar-refractivity contribution in [2.75, 3.05) is 18.6 Å². The Morgan fingerprint density at radius 3 is 2.81 bits per heavy atom. The van der Waals surface area contributed by atoms with Gasteiger partial charge in [-0.2, -0.15) is 0 Å². The van der Waals surface area contributed by atoms with Crippen LogP contribution in [0.4, 0.5) is 4.39 Å². The smallest absolute Gasteiger partial charge is 0.325 e. The third kappa shape index (κ3) is 5.72. The second-order valence-electron chi connectivity index (χ2n) is 5.34. The minimum absolute atomic E-state index is 0.0329. The molecule has 0 fully saturated rings. The number of thioether (sulfide) groups is 1. The van der Waals surface area contributed by atoms with Gasteiger partial charge in [0, 0.05) is 23.9 Å². The number of hydrogen-bond donors (Lipinski definition) is 0. The van der Waals surface area contributed by atoms with E-state index in [2.05, 4.69) is 16.3 Å². The number of aromatic nitrogens is 2. The zero-order valence-electron chi connectivity index (χ0n) is 14.2. The number of methoxy groups -OCH3 is 1. The van der Waals surface area contributed by atoms with Gasteiger partial charge in [-0.15, -0.1) is 11.8 Å². The van der Waals surface area contributed by atoms with Gasteiger partial charge < -0.3 is 4.74 Å². The van der Waals surface area contributed by atoms with E-state index in [1.165, 1.54) is 18.9 Å². The van der Waals surface area contributed by atoms with Gasteiger partial charge in [-0.25, -0.2) is 14.1 Å². The molecule has 0 spiro atoms. The maximum absolute atomic E-state index is 14.5. The van der Waals surface area contributed by atoms with Crippen molar-refractivity contribution in [1.82, 2.24) is 9.36 Å². The van der Waals surface area contributed by atoms with Gasteiger partial charge in [0.2, 0.25) is 4.80 Å². The number of fused-ring (bicyclic) bond motifs is 1. The largest absolute Gasteiger partial charge is 0.468 e. The third-order valence-corrected chi connectivity index (χ3v) is 5.30. The summed E-state index contributed by atoms with van der Waals surface area (Å²) in [5, 5.41) is 0.0329. The summed E-state index contributed by atoms with van der Waals surface area (Å²) in [4.78, 5) is 27.9. The van der Waals surface area contributed by atoms with E-state index in [1.807, 2.05) is 0 Å². The average Bonchev–Trinajstić information content (AvgIpc) is 2.93. The molecule has 1 aromatic rings. The molecule has 0 atom stereocenters. The topological polar surface area (TPSA) is 65.6 Å². The summed E-state index contributed by atoms with van der Waals surface area (Å²) in [6.45, 7) is 4.74. The maximum Gasteiger partial charge on any atom is 0.325 e. The van der Waals surface area contributed by atoms with E-state index in [0.29, 0.717) is 23.6 Å². The Morgan fingerprint density at radius 1 is 1.46 bits per heavy atom. The minimum Gasteiger partial charge on any atom is -0.468 e. The van der Waals surface area contributed by atoms with Gasteiger partial charge in [-0.3, -0.25) is 14.3 Å². The first kappa shape index (κ1) is 20.7. The Bertz CT molecular complexity index is 867. The fourth-order valence-electron chi connectivity index (χ4n) is 2.27. The first-order valence-electron chi connectivity index (χ1n) is 7.84. The summed E-state index contributed by atoms with van der Waals surface area (Å²) >= 11 is 7.90. The number of carbonyl (C=O) groups is 1. The van der Waals surface area contributed by atoms with Gasteiger partial charge in [0.1, 0.15) is 5.83 Å². The molecule has 10 heteroatoms. The van der Waals surface area contributed by atoms with Crippen molar-refractivity contribution in [2.24, 2.45) is 4.99 Å². The summed E-state index contributed by atoms with van der Waals surface area (Å²) in [6.07, 6.45) is 4.49. The molecule has 0 aromatic carbocycles. The molecular weight excluding hydrogens is 401 g/mol. The predicted octanol–water partition coefficient (Wildman–Crippen LogP) is 2.80. The summed E-state index contributed by atoms with van der Waals surface area (Å²) in [6, 6.07) is 0. The van der Waals surface area contributed by atoms with Crippen LogP contribution in [0.2, 0.25) is 0 Å². The summed E-state index contributed by atoms with van der Waals surface area (Å²) in [7, 11) is 1.31. The van der Waals surface area contributed by atoms with Crippen LogP contribution in [0.5, 0.6) is 0 Å². The number of ether oxygens (including phenoxy) is 1. The Morgan fingerprint density at radius 2 is 2.15 bits per heavy atom. The van der Waals surface area contributed by atoms with Crippen LogP contribution in [-0.4, -0.2) is 33.9 Å². The minimum atomic E-state index is -0.653. The molecule has 1 aliphatic heterocycles. The molecule has 1 aromatic heterocycles. The highest BCUT2D eigenvalue weighted by Gasteiger charge is 2.14. The van der Waals surface area contributed by atoms with Crippen LogP contribution in [0.1, 0.15) is 12.8 Å². The van der Waals surface area contributed by atoms with Crippen molar-refractivity contribution >= 4 is 40.7 Å². The number of hydrogen-bond acceptors (Lipinski definition) is 6. The standard InChI is InChI=1S/C16H19ClFN3O3S2/c1-11(17)9-12(18)13(5-8-25-10-14(22)24-2)19-15-20-6-3-4-7-21(20)16(23)26-15/h5,9H,1,3-4,6-8,10H2,2H3/b12-9+,13-5+,19-15?.